The van der Waals surface area contributed by atoms with Gasteiger partial charge in [-0.1, -0.05) is 12.1 Å². The van der Waals surface area contributed by atoms with Crippen LogP contribution >= 0.6 is 22.6 Å². The molecule has 5 heteroatoms. The number of halogens is 1. The van der Waals surface area contributed by atoms with E-state index in [4.69, 9.17) is 5.26 Å². The fraction of sp³-hybridized carbons (Fsp3) is 0.333. The molecule has 0 aromatic heterocycles. The summed E-state index contributed by atoms with van der Waals surface area (Å²) in [5.74, 6) is 0.661. The Balaban J connectivity index is 2.26. The molecule has 2 rings (SSSR count). The summed E-state index contributed by atoms with van der Waals surface area (Å²) in [5, 5.41) is 11.5. The van der Waals surface area contributed by atoms with Gasteiger partial charge in [0.25, 0.3) is 0 Å². The van der Waals surface area contributed by atoms with E-state index in [1.807, 2.05) is 30.5 Å². The van der Waals surface area contributed by atoms with Crippen LogP contribution in [0.25, 0.3) is 0 Å². The highest BCUT2D eigenvalue weighted by atomic mass is 127. The molecular formula is C12H13IN4. The second-order valence-electron chi connectivity index (χ2n) is 3.82. The van der Waals surface area contributed by atoms with Crippen LogP contribution in [0.15, 0.2) is 29.3 Å². The van der Waals surface area contributed by atoms with Gasteiger partial charge in [-0.2, -0.15) is 5.26 Å². The van der Waals surface area contributed by atoms with E-state index in [9.17, 15) is 0 Å². The molecule has 1 N–H and O–H groups in total. The molecule has 0 atom stereocenters. The largest absolute Gasteiger partial charge is 0.342 e. The lowest BCUT2D eigenvalue weighted by molar-refractivity contribution is 0.505. The third kappa shape index (κ3) is 3.09. The van der Waals surface area contributed by atoms with Crippen LogP contribution in [0.3, 0.4) is 0 Å². The number of aliphatic imine (C=N–C) groups is 1. The van der Waals surface area contributed by atoms with Gasteiger partial charge in [-0.05, 0) is 47.6 Å². The molecule has 1 fully saturated rings. The van der Waals surface area contributed by atoms with Crippen molar-refractivity contribution < 1.29 is 0 Å². The van der Waals surface area contributed by atoms with Crippen LogP contribution in [-0.2, 0) is 0 Å². The Hall–Kier alpha value is -1.29. The van der Waals surface area contributed by atoms with E-state index in [2.05, 4.69) is 37.8 Å². The second-order valence-corrected chi connectivity index (χ2v) is 4.98. The topological polar surface area (TPSA) is 51.4 Å². The quantitative estimate of drug-likeness (QED) is 0.281. The van der Waals surface area contributed by atoms with Crippen LogP contribution in [0.4, 0.5) is 5.69 Å². The zero-order valence-corrected chi connectivity index (χ0v) is 11.5. The summed E-state index contributed by atoms with van der Waals surface area (Å²) in [7, 11) is 0. The maximum Gasteiger partial charge on any atom is 0.212 e. The Bertz CT molecular complexity index is 458. The SMILES string of the molecule is N#CNC(=Nc1ccccc1I)N1CCCC1. The first-order valence-corrected chi connectivity index (χ1v) is 6.62. The van der Waals surface area contributed by atoms with Crippen molar-refractivity contribution in [1.29, 1.82) is 5.26 Å². The number of para-hydroxylation sites is 1. The molecule has 1 aliphatic rings. The minimum atomic E-state index is 0.661. The molecule has 4 nitrogen and oxygen atoms in total. The molecular weight excluding hydrogens is 327 g/mol. The fourth-order valence-corrected chi connectivity index (χ4v) is 2.32. The Morgan fingerprint density at radius 2 is 2.06 bits per heavy atom. The fourth-order valence-electron chi connectivity index (χ4n) is 1.81. The Labute approximate surface area is 114 Å². The lowest BCUT2D eigenvalue weighted by Crippen LogP contribution is -2.36. The van der Waals surface area contributed by atoms with Crippen molar-refractivity contribution in [2.45, 2.75) is 12.8 Å². The summed E-state index contributed by atoms with van der Waals surface area (Å²) in [6.07, 6.45) is 4.29. The first-order chi connectivity index (χ1) is 8.31. The van der Waals surface area contributed by atoms with E-state index in [1.54, 1.807) is 0 Å². The van der Waals surface area contributed by atoms with Gasteiger partial charge in [0.05, 0.1) is 5.69 Å². The summed E-state index contributed by atoms with van der Waals surface area (Å²) in [6, 6.07) is 7.90. The van der Waals surface area contributed by atoms with Crippen LogP contribution in [0.1, 0.15) is 12.8 Å². The minimum absolute atomic E-state index is 0.661. The Morgan fingerprint density at radius 1 is 1.35 bits per heavy atom. The number of likely N-dealkylation sites (tertiary alicyclic amines) is 1. The van der Waals surface area contributed by atoms with Crippen LogP contribution in [0, 0.1) is 15.0 Å². The lowest BCUT2D eigenvalue weighted by Gasteiger charge is -2.18. The maximum absolute atomic E-state index is 8.77. The van der Waals surface area contributed by atoms with Gasteiger partial charge < -0.3 is 4.90 Å². The summed E-state index contributed by atoms with van der Waals surface area (Å²) >= 11 is 2.25. The number of hydrogen-bond acceptors (Lipinski definition) is 2. The van der Waals surface area contributed by atoms with Crippen molar-refractivity contribution >= 4 is 34.2 Å². The van der Waals surface area contributed by atoms with Crippen molar-refractivity contribution in [2.75, 3.05) is 13.1 Å². The molecule has 1 aromatic carbocycles. The van der Waals surface area contributed by atoms with Gasteiger partial charge >= 0.3 is 0 Å². The predicted octanol–water partition coefficient (Wildman–Crippen LogP) is 2.45. The number of nitrogens with zero attached hydrogens (tertiary/aromatic N) is 3. The van der Waals surface area contributed by atoms with E-state index in [1.165, 1.54) is 0 Å². The van der Waals surface area contributed by atoms with Gasteiger partial charge in [0.1, 0.15) is 0 Å². The van der Waals surface area contributed by atoms with E-state index in [0.29, 0.717) is 5.96 Å². The number of guanidine groups is 1. The van der Waals surface area contributed by atoms with Gasteiger partial charge in [0.15, 0.2) is 6.19 Å². The van der Waals surface area contributed by atoms with Crippen LogP contribution in [0.5, 0.6) is 0 Å². The van der Waals surface area contributed by atoms with Crippen molar-refractivity contribution in [3.05, 3.63) is 27.8 Å². The van der Waals surface area contributed by atoms with Crippen molar-refractivity contribution in [3.63, 3.8) is 0 Å². The zero-order valence-electron chi connectivity index (χ0n) is 9.36. The van der Waals surface area contributed by atoms with Gasteiger partial charge in [0, 0.05) is 16.7 Å². The maximum atomic E-state index is 8.77. The van der Waals surface area contributed by atoms with Crippen LogP contribution in [-0.4, -0.2) is 23.9 Å². The average Bonchev–Trinajstić information content (AvgIpc) is 2.85. The highest BCUT2D eigenvalue weighted by molar-refractivity contribution is 14.1. The summed E-state index contributed by atoms with van der Waals surface area (Å²) in [5.41, 5.74) is 0.901. The van der Waals surface area contributed by atoms with Gasteiger partial charge in [-0.3, -0.25) is 5.32 Å². The van der Waals surface area contributed by atoms with Gasteiger partial charge in [-0.25, -0.2) is 4.99 Å². The molecule has 0 bridgehead atoms. The number of hydrogen-bond donors (Lipinski definition) is 1. The van der Waals surface area contributed by atoms with Gasteiger partial charge in [0.2, 0.25) is 5.96 Å². The molecule has 17 heavy (non-hydrogen) atoms. The Morgan fingerprint density at radius 3 is 2.71 bits per heavy atom. The average molecular weight is 340 g/mol. The highest BCUT2D eigenvalue weighted by Crippen LogP contribution is 2.21. The first kappa shape index (κ1) is 12.2. The molecule has 0 aliphatic carbocycles. The second kappa shape index (κ2) is 5.87. The smallest absolute Gasteiger partial charge is 0.212 e. The molecule has 0 unspecified atom stereocenters. The van der Waals surface area contributed by atoms with Crippen LogP contribution < -0.4 is 5.32 Å². The predicted molar refractivity (Wildman–Crippen MR) is 75.8 cm³/mol. The molecule has 1 saturated heterocycles. The molecule has 0 saturated carbocycles. The van der Waals surface area contributed by atoms with E-state index < -0.39 is 0 Å². The van der Waals surface area contributed by atoms with Crippen molar-refractivity contribution in [2.24, 2.45) is 4.99 Å². The summed E-state index contributed by atoms with van der Waals surface area (Å²) < 4.78 is 1.08. The minimum Gasteiger partial charge on any atom is -0.342 e. The number of nitriles is 1. The molecule has 0 spiro atoms. The van der Waals surface area contributed by atoms with Gasteiger partial charge in [-0.15, -0.1) is 0 Å². The molecule has 1 heterocycles. The summed E-state index contributed by atoms with van der Waals surface area (Å²) in [4.78, 5) is 6.65. The van der Waals surface area contributed by atoms with E-state index in [-0.39, 0.29) is 0 Å². The van der Waals surface area contributed by atoms with Crippen molar-refractivity contribution in [3.8, 4) is 6.19 Å². The number of benzene rings is 1. The standard InChI is InChI=1S/C12H13IN4/c13-10-5-1-2-6-11(10)16-12(15-9-14)17-7-3-4-8-17/h1-2,5-6H,3-4,7-8H2,(H,15,16). The number of rotatable bonds is 1. The first-order valence-electron chi connectivity index (χ1n) is 5.54. The normalized spacial score (nSPS) is 15.8. The summed E-state index contributed by atoms with van der Waals surface area (Å²) in [6.45, 7) is 1.94. The number of nitrogens with one attached hydrogen (secondary N) is 1. The molecule has 1 aliphatic heterocycles. The molecule has 1 aromatic rings. The molecule has 0 radical (unpaired) electrons. The van der Waals surface area contributed by atoms with E-state index in [0.717, 1.165) is 35.2 Å². The lowest BCUT2D eigenvalue weighted by atomic mass is 10.3. The molecule has 0 amide bonds. The third-order valence-corrected chi connectivity index (χ3v) is 3.56. The highest BCUT2D eigenvalue weighted by Gasteiger charge is 2.16. The third-order valence-electron chi connectivity index (χ3n) is 2.65. The monoisotopic (exact) mass is 340 g/mol. The van der Waals surface area contributed by atoms with Crippen molar-refractivity contribution in [1.82, 2.24) is 10.2 Å². The molecule has 88 valence electrons. The zero-order chi connectivity index (χ0) is 12.1. The van der Waals surface area contributed by atoms with Crippen LogP contribution in [0.2, 0.25) is 0 Å². The Kier molecular flexibility index (Phi) is 4.20. The van der Waals surface area contributed by atoms with E-state index >= 15 is 0 Å².